The van der Waals surface area contributed by atoms with Gasteiger partial charge in [-0.2, -0.15) is 0 Å². The van der Waals surface area contributed by atoms with Gasteiger partial charge in [-0.3, -0.25) is 9.59 Å². The Morgan fingerprint density at radius 1 is 0.897 bits per heavy atom. The van der Waals surface area contributed by atoms with Crippen LogP contribution < -0.4 is 9.47 Å². The van der Waals surface area contributed by atoms with E-state index in [-0.39, 0.29) is 63.0 Å². The molecule has 5 rings (SSSR count). The van der Waals surface area contributed by atoms with Crippen LogP contribution in [0.3, 0.4) is 0 Å². The quantitative estimate of drug-likeness (QED) is 0.250. The molecular formula is C31H30O8. The molecule has 2 atom stereocenters. The van der Waals surface area contributed by atoms with E-state index in [1.807, 2.05) is 30.3 Å². The molecule has 8 heteroatoms. The molecule has 3 aromatic carbocycles. The summed E-state index contributed by atoms with van der Waals surface area (Å²) < 4.78 is 12.7. The van der Waals surface area contributed by atoms with Crippen molar-refractivity contribution in [3.8, 4) is 34.5 Å². The van der Waals surface area contributed by atoms with E-state index in [0.717, 1.165) is 5.56 Å². The Labute approximate surface area is 225 Å². The van der Waals surface area contributed by atoms with Gasteiger partial charge in [0.2, 0.25) is 0 Å². The van der Waals surface area contributed by atoms with Crippen molar-refractivity contribution in [2.24, 2.45) is 5.92 Å². The van der Waals surface area contributed by atoms with Gasteiger partial charge in [-0.25, -0.2) is 0 Å². The summed E-state index contributed by atoms with van der Waals surface area (Å²) in [4.78, 5) is 25.6. The maximum Gasteiger partial charge on any atom is 0.193 e. The second-order valence-electron chi connectivity index (χ2n) is 10.7. The molecule has 3 aromatic rings. The number of carbonyl (C=O) groups excluding carboxylic acids is 2. The number of hydrogen-bond acceptors (Lipinski definition) is 8. The van der Waals surface area contributed by atoms with Crippen molar-refractivity contribution in [1.29, 1.82) is 0 Å². The number of benzene rings is 3. The molecule has 0 radical (unpaired) electrons. The van der Waals surface area contributed by atoms with Crippen LogP contribution >= 0.6 is 0 Å². The molecule has 0 spiro atoms. The largest absolute Gasteiger partial charge is 0.507 e. The molecule has 0 bridgehead atoms. The monoisotopic (exact) mass is 530 g/mol. The second kappa shape index (κ2) is 9.08. The molecule has 39 heavy (non-hydrogen) atoms. The summed E-state index contributed by atoms with van der Waals surface area (Å²) in [5, 5.41) is 43.8. The SMILES string of the molecule is CC(=O)c1c(O)c(C)c2c(c1O)CC1C(O2)c2c(O)c(C)c(O)c(C(=O)/C=C/c3ccccc3)c2OC1(C)C. The third-order valence-corrected chi connectivity index (χ3v) is 7.81. The molecule has 2 heterocycles. The molecule has 0 saturated heterocycles. The summed E-state index contributed by atoms with van der Waals surface area (Å²) in [6, 6.07) is 9.22. The number of carbonyl (C=O) groups is 2. The molecule has 2 unspecified atom stereocenters. The smallest absolute Gasteiger partial charge is 0.193 e. The molecule has 202 valence electrons. The van der Waals surface area contributed by atoms with Crippen LogP contribution in [-0.2, 0) is 6.42 Å². The first-order valence-electron chi connectivity index (χ1n) is 12.6. The van der Waals surface area contributed by atoms with E-state index in [9.17, 15) is 30.0 Å². The van der Waals surface area contributed by atoms with Crippen LogP contribution in [0.2, 0.25) is 0 Å². The normalized spacial score (nSPS) is 18.9. The number of phenolic OH excluding ortho intramolecular Hbond substituents is 4. The summed E-state index contributed by atoms with van der Waals surface area (Å²) in [6.07, 6.45) is 2.32. The number of rotatable bonds is 4. The molecule has 0 fully saturated rings. The minimum absolute atomic E-state index is 0.0134. The number of ketones is 2. The second-order valence-corrected chi connectivity index (χ2v) is 10.7. The Bertz CT molecular complexity index is 1570. The predicted octanol–water partition coefficient (Wildman–Crippen LogP) is 5.69. The van der Waals surface area contributed by atoms with Crippen molar-refractivity contribution in [2.45, 2.75) is 52.7 Å². The van der Waals surface area contributed by atoms with Crippen molar-refractivity contribution in [1.82, 2.24) is 0 Å². The Morgan fingerprint density at radius 3 is 2.18 bits per heavy atom. The Kier molecular flexibility index (Phi) is 6.09. The predicted molar refractivity (Wildman–Crippen MR) is 144 cm³/mol. The lowest BCUT2D eigenvalue weighted by Gasteiger charge is -2.48. The Hall–Kier alpha value is -4.46. The number of Topliss-reactive ketones (excluding diaryl/α,β-unsaturated/α-hetero) is 1. The van der Waals surface area contributed by atoms with Gasteiger partial charge in [0.15, 0.2) is 11.6 Å². The van der Waals surface area contributed by atoms with Gasteiger partial charge < -0.3 is 29.9 Å². The van der Waals surface area contributed by atoms with E-state index in [2.05, 4.69) is 0 Å². The van der Waals surface area contributed by atoms with Crippen molar-refractivity contribution in [2.75, 3.05) is 0 Å². The van der Waals surface area contributed by atoms with Crippen LogP contribution in [0.4, 0.5) is 0 Å². The maximum atomic E-state index is 13.4. The fraction of sp³-hybridized carbons (Fsp3) is 0.290. The summed E-state index contributed by atoms with van der Waals surface area (Å²) in [6.45, 7) is 7.92. The van der Waals surface area contributed by atoms with Crippen molar-refractivity contribution >= 4 is 17.6 Å². The molecule has 8 nitrogen and oxygen atoms in total. The Morgan fingerprint density at radius 2 is 1.54 bits per heavy atom. The summed E-state index contributed by atoms with van der Waals surface area (Å²) in [5.74, 6) is -2.66. The topological polar surface area (TPSA) is 134 Å². The highest BCUT2D eigenvalue weighted by Crippen LogP contribution is 2.59. The summed E-state index contributed by atoms with van der Waals surface area (Å²) >= 11 is 0. The first-order valence-corrected chi connectivity index (χ1v) is 12.6. The molecule has 2 aliphatic rings. The lowest BCUT2D eigenvalue weighted by molar-refractivity contribution is -0.0544. The van der Waals surface area contributed by atoms with Crippen molar-refractivity contribution in [3.05, 3.63) is 75.4 Å². The number of aromatic hydroxyl groups is 4. The highest BCUT2D eigenvalue weighted by molar-refractivity contribution is 6.11. The highest BCUT2D eigenvalue weighted by Gasteiger charge is 2.52. The lowest BCUT2D eigenvalue weighted by atomic mass is 9.73. The van der Waals surface area contributed by atoms with E-state index >= 15 is 0 Å². The van der Waals surface area contributed by atoms with Gasteiger partial charge in [0.1, 0.15) is 57.3 Å². The number of allylic oxidation sites excluding steroid dienone is 1. The van der Waals surface area contributed by atoms with Gasteiger partial charge in [-0.1, -0.05) is 36.4 Å². The molecule has 2 aliphatic heterocycles. The molecule has 0 aliphatic carbocycles. The van der Waals surface area contributed by atoms with E-state index in [1.54, 1.807) is 26.8 Å². The number of phenols is 4. The molecule has 0 aromatic heterocycles. The first kappa shape index (κ1) is 26.2. The van der Waals surface area contributed by atoms with Crippen LogP contribution in [-0.4, -0.2) is 37.6 Å². The zero-order chi connectivity index (χ0) is 28.4. The molecule has 0 saturated carbocycles. The van der Waals surface area contributed by atoms with Crippen LogP contribution in [0, 0.1) is 19.8 Å². The van der Waals surface area contributed by atoms with Crippen LogP contribution in [0.5, 0.6) is 34.5 Å². The summed E-state index contributed by atoms with van der Waals surface area (Å²) in [5.41, 5.74) is 0.456. The van der Waals surface area contributed by atoms with Crippen molar-refractivity contribution < 1.29 is 39.5 Å². The number of fused-ring (bicyclic) bond motifs is 4. The van der Waals surface area contributed by atoms with Gasteiger partial charge in [0, 0.05) is 22.6 Å². The zero-order valence-electron chi connectivity index (χ0n) is 22.3. The van der Waals surface area contributed by atoms with E-state index < -0.39 is 34.9 Å². The Balaban J connectivity index is 1.69. The molecule has 4 N–H and O–H groups in total. The van der Waals surface area contributed by atoms with E-state index in [1.165, 1.54) is 19.9 Å². The number of hydrogen-bond donors (Lipinski definition) is 4. The van der Waals surface area contributed by atoms with Gasteiger partial charge >= 0.3 is 0 Å². The third-order valence-electron chi connectivity index (χ3n) is 7.81. The van der Waals surface area contributed by atoms with E-state index in [4.69, 9.17) is 9.47 Å². The standard InChI is InChI=1S/C31H30O8/c1-14-24(34)22(20(33)12-11-17-9-7-6-8-10-17)30-23(25(14)35)29-19(31(4,5)39-30)13-18-27(37)21(16(3)32)26(36)15(2)28(18)38-29/h6-12,19,29,34-37H,13H2,1-5H3/b12-11+. The van der Waals surface area contributed by atoms with Crippen LogP contribution in [0.1, 0.15) is 75.4 Å². The molecular weight excluding hydrogens is 500 g/mol. The van der Waals surface area contributed by atoms with Crippen LogP contribution in [0.25, 0.3) is 6.08 Å². The summed E-state index contributed by atoms with van der Waals surface area (Å²) in [7, 11) is 0. The van der Waals surface area contributed by atoms with Crippen LogP contribution in [0.15, 0.2) is 36.4 Å². The average molecular weight is 531 g/mol. The minimum atomic E-state index is -0.990. The number of ether oxygens (including phenoxy) is 2. The van der Waals surface area contributed by atoms with Gasteiger partial charge in [0.05, 0.1) is 5.56 Å². The first-order chi connectivity index (χ1) is 18.3. The van der Waals surface area contributed by atoms with E-state index in [0.29, 0.717) is 5.56 Å². The van der Waals surface area contributed by atoms with Crippen molar-refractivity contribution in [3.63, 3.8) is 0 Å². The molecule has 0 amide bonds. The maximum absolute atomic E-state index is 13.4. The third kappa shape index (κ3) is 3.98. The van der Waals surface area contributed by atoms with Gasteiger partial charge in [0.25, 0.3) is 0 Å². The zero-order valence-corrected chi connectivity index (χ0v) is 22.3. The van der Waals surface area contributed by atoms with Gasteiger partial charge in [-0.05, 0) is 52.7 Å². The average Bonchev–Trinajstić information content (AvgIpc) is 2.89. The fourth-order valence-electron chi connectivity index (χ4n) is 5.59. The minimum Gasteiger partial charge on any atom is -0.507 e. The lowest BCUT2D eigenvalue weighted by Crippen LogP contribution is -2.49. The fourth-order valence-corrected chi connectivity index (χ4v) is 5.59. The van der Waals surface area contributed by atoms with Gasteiger partial charge in [-0.15, -0.1) is 0 Å². The highest BCUT2D eigenvalue weighted by atomic mass is 16.5.